The van der Waals surface area contributed by atoms with Crippen molar-refractivity contribution in [3.8, 4) is 0 Å². The van der Waals surface area contributed by atoms with E-state index in [1.165, 1.54) is 26.1 Å². The highest BCUT2D eigenvalue weighted by Gasteiger charge is 2.36. The molecule has 1 aliphatic heterocycles. The number of urea groups is 1. The Morgan fingerprint density at radius 3 is 2.79 bits per heavy atom. The molecule has 1 aliphatic rings. The predicted octanol–water partition coefficient (Wildman–Crippen LogP) is 2.43. The number of fused-ring (bicyclic) bond motifs is 1. The van der Waals surface area contributed by atoms with Gasteiger partial charge in [-0.1, -0.05) is 0 Å². The van der Waals surface area contributed by atoms with Crippen molar-refractivity contribution in [3.63, 3.8) is 0 Å². The van der Waals surface area contributed by atoms with Gasteiger partial charge in [-0.2, -0.15) is 18.3 Å². The molecule has 13 heteroatoms. The molecular weight excluding hydrogens is 455 g/mol. The number of nitrogens with zero attached hydrogens (tertiary/aromatic N) is 5. The fraction of sp³-hybridized carbons (Fsp3) is 0.429. The van der Waals surface area contributed by atoms with Crippen LogP contribution >= 0.6 is 0 Å². The zero-order chi connectivity index (χ0) is 24.6. The number of H-pyrrole nitrogens is 1. The van der Waals surface area contributed by atoms with E-state index in [-0.39, 0.29) is 12.1 Å². The lowest BCUT2D eigenvalue weighted by molar-refractivity contribution is -0.138. The summed E-state index contributed by atoms with van der Waals surface area (Å²) in [6, 6.07) is 1.54. The smallest absolute Gasteiger partial charge is 0.377 e. The number of hydrogen-bond acceptors (Lipinski definition) is 6. The zero-order valence-corrected chi connectivity index (χ0v) is 18.8. The second kappa shape index (κ2) is 8.97. The molecular formula is C21H24F3N7O3. The summed E-state index contributed by atoms with van der Waals surface area (Å²) < 4.78 is 45.8. The van der Waals surface area contributed by atoms with Crippen LogP contribution in [0.4, 0.5) is 29.3 Å². The number of carbonyl (C=O) groups excluding carboxylic acids is 1. The van der Waals surface area contributed by atoms with Crippen molar-refractivity contribution in [2.45, 2.75) is 24.7 Å². The van der Waals surface area contributed by atoms with Crippen molar-refractivity contribution < 1.29 is 22.7 Å². The number of ether oxygens (including phenoxy) is 1. The first-order valence-corrected chi connectivity index (χ1v) is 10.5. The average Bonchev–Trinajstić information content (AvgIpc) is 3.28. The van der Waals surface area contributed by atoms with Gasteiger partial charge in [-0.25, -0.2) is 9.78 Å². The number of likely N-dealkylation sites (N-methyl/N-ethyl adjacent to an activating group) is 1. The number of piperidine rings is 1. The Labute approximate surface area is 192 Å². The quantitative estimate of drug-likeness (QED) is 0.595. The summed E-state index contributed by atoms with van der Waals surface area (Å²) in [5.74, 6) is 0. The van der Waals surface area contributed by atoms with Crippen LogP contribution in [0.1, 0.15) is 12.0 Å². The van der Waals surface area contributed by atoms with E-state index in [4.69, 9.17) is 4.74 Å². The minimum absolute atomic E-state index is 0.360. The number of aromatic nitrogens is 4. The first-order valence-electron chi connectivity index (χ1n) is 10.5. The van der Waals surface area contributed by atoms with Crippen molar-refractivity contribution in [2.24, 2.45) is 7.05 Å². The number of methoxy groups -OCH3 is 1. The Morgan fingerprint density at radius 1 is 1.32 bits per heavy atom. The van der Waals surface area contributed by atoms with Crippen LogP contribution in [0.15, 0.2) is 35.5 Å². The number of halogens is 3. The molecule has 0 spiro atoms. The average molecular weight is 479 g/mol. The van der Waals surface area contributed by atoms with Crippen LogP contribution < -0.4 is 15.8 Å². The monoisotopic (exact) mass is 479 g/mol. The highest BCUT2D eigenvalue weighted by atomic mass is 19.4. The lowest BCUT2D eigenvalue weighted by Crippen LogP contribution is -2.56. The molecule has 3 aromatic heterocycles. The Hall–Kier alpha value is -3.61. The first-order chi connectivity index (χ1) is 16.1. The van der Waals surface area contributed by atoms with Gasteiger partial charge in [0.25, 0.3) is 5.56 Å². The maximum absolute atomic E-state index is 13.1. The summed E-state index contributed by atoms with van der Waals surface area (Å²) in [6.45, 7) is 1.06. The minimum Gasteiger partial charge on any atom is -0.377 e. The summed E-state index contributed by atoms with van der Waals surface area (Å²) >= 11 is 0. The molecule has 4 heterocycles. The Bertz CT molecular complexity index is 1260. The molecule has 2 N–H and O–H groups in total. The number of nitrogens with one attached hydrogen (secondary N) is 2. The lowest BCUT2D eigenvalue weighted by Gasteiger charge is -2.42. The molecule has 2 amide bonds. The number of rotatable bonds is 4. The van der Waals surface area contributed by atoms with Crippen molar-refractivity contribution in [3.05, 3.63) is 46.6 Å². The van der Waals surface area contributed by atoms with E-state index in [2.05, 4.69) is 25.4 Å². The number of pyridine rings is 2. The normalized spacial score (nSPS) is 18.8. The number of aromatic amines is 1. The van der Waals surface area contributed by atoms with Crippen molar-refractivity contribution in [2.75, 3.05) is 37.5 Å². The third-order valence-electron chi connectivity index (χ3n) is 6.04. The molecule has 34 heavy (non-hydrogen) atoms. The number of amides is 2. The number of alkyl halides is 3. The molecule has 1 saturated heterocycles. The van der Waals surface area contributed by atoms with Crippen LogP contribution in [0.5, 0.6) is 0 Å². The second-order valence-corrected chi connectivity index (χ2v) is 8.17. The van der Waals surface area contributed by atoms with Gasteiger partial charge in [0.05, 0.1) is 35.8 Å². The van der Waals surface area contributed by atoms with Gasteiger partial charge in [0, 0.05) is 45.9 Å². The molecule has 0 bridgehead atoms. The van der Waals surface area contributed by atoms with Gasteiger partial charge in [0.2, 0.25) is 0 Å². The summed E-state index contributed by atoms with van der Waals surface area (Å²) in [5, 5.41) is 9.97. The predicted molar refractivity (Wildman–Crippen MR) is 119 cm³/mol. The molecule has 0 aromatic carbocycles. The molecule has 4 rings (SSSR count). The van der Waals surface area contributed by atoms with Crippen LogP contribution in [-0.2, 0) is 18.0 Å². The van der Waals surface area contributed by atoms with E-state index in [1.54, 1.807) is 12.4 Å². The minimum atomic E-state index is -4.65. The standard InChI is InChI=1S/C21H24F3N7O3/c1-29-10-13(21(22,23)24)7-15(19(29)32)27-20(33)30(2)16-4-5-31(11-17(16)34-3)14-6-12-8-26-28-18(12)25-9-14/h6-10,16-17H,4-5,11H2,1-3H3,(H,27,33)(H,25,26,28)/t16-,17-/m1/s1. The van der Waals surface area contributed by atoms with Gasteiger partial charge in [-0.3, -0.25) is 9.89 Å². The molecule has 182 valence electrons. The number of anilines is 2. The van der Waals surface area contributed by atoms with Gasteiger partial charge in [0.1, 0.15) is 5.69 Å². The van der Waals surface area contributed by atoms with Crippen molar-refractivity contribution in [1.29, 1.82) is 0 Å². The second-order valence-electron chi connectivity index (χ2n) is 8.17. The van der Waals surface area contributed by atoms with E-state index in [9.17, 15) is 22.8 Å². The number of carbonyl (C=O) groups is 1. The highest BCUT2D eigenvalue weighted by Crippen LogP contribution is 2.30. The topological polar surface area (TPSA) is 108 Å². The molecule has 2 atom stereocenters. The van der Waals surface area contributed by atoms with Crippen molar-refractivity contribution in [1.82, 2.24) is 24.6 Å². The van der Waals surface area contributed by atoms with Gasteiger partial charge in [0.15, 0.2) is 5.65 Å². The number of hydrogen-bond donors (Lipinski definition) is 2. The number of aryl methyl sites for hydroxylation is 1. The molecule has 0 unspecified atom stereocenters. The van der Waals surface area contributed by atoms with Gasteiger partial charge >= 0.3 is 12.2 Å². The van der Waals surface area contributed by atoms with Crippen LogP contribution in [-0.4, -0.2) is 70.1 Å². The van der Waals surface area contributed by atoms with Crippen molar-refractivity contribution >= 4 is 28.4 Å². The van der Waals surface area contributed by atoms with Gasteiger partial charge in [-0.15, -0.1) is 0 Å². The summed E-state index contributed by atoms with van der Waals surface area (Å²) in [4.78, 5) is 33.0. The Kier molecular flexibility index (Phi) is 6.21. The summed E-state index contributed by atoms with van der Waals surface area (Å²) in [6.07, 6.45) is -0.399. The largest absolute Gasteiger partial charge is 0.417 e. The highest BCUT2D eigenvalue weighted by molar-refractivity contribution is 5.89. The van der Waals surface area contributed by atoms with Crippen LogP contribution in [0, 0.1) is 0 Å². The molecule has 0 aliphatic carbocycles. The van der Waals surface area contributed by atoms with E-state index >= 15 is 0 Å². The van der Waals surface area contributed by atoms with E-state index < -0.39 is 29.0 Å². The van der Waals surface area contributed by atoms with Crippen LogP contribution in [0.25, 0.3) is 11.0 Å². The zero-order valence-electron chi connectivity index (χ0n) is 18.8. The van der Waals surface area contributed by atoms with E-state index in [0.29, 0.717) is 37.4 Å². The molecule has 10 nitrogen and oxygen atoms in total. The first kappa shape index (κ1) is 23.5. The summed E-state index contributed by atoms with van der Waals surface area (Å²) in [7, 11) is 4.26. The molecule has 0 saturated carbocycles. The van der Waals surface area contributed by atoms with Gasteiger partial charge in [-0.05, 0) is 18.6 Å². The molecule has 3 aromatic rings. The molecule has 1 fully saturated rings. The fourth-order valence-corrected chi connectivity index (χ4v) is 4.12. The maximum atomic E-state index is 13.1. The molecule has 0 radical (unpaired) electrons. The lowest BCUT2D eigenvalue weighted by atomic mass is 10.00. The Balaban J connectivity index is 1.48. The van der Waals surface area contributed by atoms with E-state index in [1.807, 2.05) is 6.07 Å². The third-order valence-corrected chi connectivity index (χ3v) is 6.04. The third kappa shape index (κ3) is 4.55. The van der Waals surface area contributed by atoms with Crippen LogP contribution in [0.3, 0.4) is 0 Å². The summed E-state index contributed by atoms with van der Waals surface area (Å²) in [5.41, 5.74) is -0.651. The van der Waals surface area contributed by atoms with Gasteiger partial charge < -0.3 is 24.4 Å². The SMILES string of the molecule is CO[C@@H]1CN(c2cnc3[nH]ncc3c2)CC[C@H]1N(C)C(=O)Nc1cc(C(F)(F)F)cn(C)c1=O. The van der Waals surface area contributed by atoms with Crippen LogP contribution in [0.2, 0.25) is 0 Å². The fourth-order valence-electron chi connectivity index (χ4n) is 4.12. The van der Waals surface area contributed by atoms with E-state index in [0.717, 1.165) is 15.6 Å². The Morgan fingerprint density at radius 2 is 2.09 bits per heavy atom. The maximum Gasteiger partial charge on any atom is 0.417 e.